The van der Waals surface area contributed by atoms with E-state index in [2.05, 4.69) is 15.6 Å². The predicted octanol–water partition coefficient (Wildman–Crippen LogP) is 3.79. The van der Waals surface area contributed by atoms with Crippen LogP contribution in [0.15, 0.2) is 60.9 Å². The lowest BCUT2D eigenvalue weighted by atomic mass is 10.1. The molecule has 0 unspecified atom stereocenters. The third-order valence-electron chi connectivity index (χ3n) is 4.24. The number of hydrogen-bond donors (Lipinski definition) is 2. The van der Waals surface area contributed by atoms with Crippen LogP contribution in [0, 0.1) is 6.92 Å². The molecule has 4 rings (SSSR count). The average Bonchev–Trinajstić information content (AvgIpc) is 3.15. The molecule has 6 nitrogen and oxygen atoms in total. The van der Waals surface area contributed by atoms with Crippen molar-refractivity contribution < 1.29 is 14.3 Å². The van der Waals surface area contributed by atoms with Gasteiger partial charge in [0.1, 0.15) is 0 Å². The second kappa shape index (κ2) is 7.37. The van der Waals surface area contributed by atoms with Crippen LogP contribution >= 0.6 is 0 Å². The Morgan fingerprint density at radius 2 is 1.81 bits per heavy atom. The molecular weight excluding hydrogens is 342 g/mol. The quantitative estimate of drug-likeness (QED) is 0.723. The van der Waals surface area contributed by atoms with Crippen molar-refractivity contribution in [3.63, 3.8) is 0 Å². The summed E-state index contributed by atoms with van der Waals surface area (Å²) in [5.41, 5.74) is 4.29. The first kappa shape index (κ1) is 16.9. The van der Waals surface area contributed by atoms with Gasteiger partial charge in [-0.05, 0) is 30.7 Å². The van der Waals surface area contributed by atoms with Gasteiger partial charge in [-0.2, -0.15) is 0 Å². The van der Waals surface area contributed by atoms with Gasteiger partial charge >= 0.3 is 0 Å². The molecule has 2 aromatic carbocycles. The van der Waals surface area contributed by atoms with Gasteiger partial charge in [0.2, 0.25) is 6.79 Å². The molecule has 27 heavy (non-hydrogen) atoms. The van der Waals surface area contributed by atoms with Crippen LogP contribution in [0.2, 0.25) is 0 Å². The summed E-state index contributed by atoms with van der Waals surface area (Å²) in [6.07, 6.45) is 3.22. The van der Waals surface area contributed by atoms with Crippen molar-refractivity contribution in [3.05, 3.63) is 77.6 Å². The minimum absolute atomic E-state index is 0.169. The lowest BCUT2D eigenvalue weighted by molar-refractivity contribution is 0.0950. The number of amides is 1. The first-order chi connectivity index (χ1) is 13.2. The molecule has 0 saturated carbocycles. The number of hydrogen-bond acceptors (Lipinski definition) is 5. The summed E-state index contributed by atoms with van der Waals surface area (Å²) in [5, 5.41) is 6.15. The molecule has 6 heteroatoms. The van der Waals surface area contributed by atoms with E-state index in [1.54, 1.807) is 18.5 Å². The second-order valence-electron chi connectivity index (χ2n) is 6.32. The maximum Gasteiger partial charge on any atom is 0.253 e. The highest BCUT2D eigenvalue weighted by Crippen LogP contribution is 2.35. The van der Waals surface area contributed by atoms with E-state index in [0.717, 1.165) is 22.7 Å². The van der Waals surface area contributed by atoms with Crippen molar-refractivity contribution in [3.8, 4) is 11.5 Å². The molecule has 0 aliphatic carbocycles. The molecule has 0 bridgehead atoms. The number of nitrogens with one attached hydrogen (secondary N) is 2. The molecule has 2 N–H and O–H groups in total. The van der Waals surface area contributed by atoms with Crippen molar-refractivity contribution in [2.75, 3.05) is 12.1 Å². The topological polar surface area (TPSA) is 72.5 Å². The first-order valence-electron chi connectivity index (χ1n) is 8.63. The number of aryl methyl sites for hydroxylation is 1. The zero-order valence-corrected chi connectivity index (χ0v) is 14.9. The molecule has 0 spiro atoms. The summed E-state index contributed by atoms with van der Waals surface area (Å²) in [6.45, 7) is 2.74. The van der Waals surface area contributed by atoms with E-state index in [0.29, 0.717) is 17.9 Å². The maximum absolute atomic E-state index is 12.4. The van der Waals surface area contributed by atoms with Crippen molar-refractivity contribution in [2.24, 2.45) is 0 Å². The number of rotatable bonds is 5. The highest BCUT2D eigenvalue weighted by Gasteiger charge is 2.13. The highest BCUT2D eigenvalue weighted by atomic mass is 16.7. The SMILES string of the molecule is Cc1ccc(CNC(=O)c2cncc(Nc3ccc4c(c3)OCO4)c2)cc1. The second-order valence-corrected chi connectivity index (χ2v) is 6.32. The Morgan fingerprint density at radius 1 is 1.00 bits per heavy atom. The summed E-state index contributed by atoms with van der Waals surface area (Å²) in [5.74, 6) is 1.25. The summed E-state index contributed by atoms with van der Waals surface area (Å²) >= 11 is 0. The largest absolute Gasteiger partial charge is 0.454 e. The first-order valence-corrected chi connectivity index (χ1v) is 8.63. The van der Waals surface area contributed by atoms with Gasteiger partial charge < -0.3 is 20.1 Å². The number of fused-ring (bicyclic) bond motifs is 1. The van der Waals surface area contributed by atoms with Crippen molar-refractivity contribution >= 4 is 17.3 Å². The number of ether oxygens (including phenoxy) is 2. The minimum atomic E-state index is -0.169. The summed E-state index contributed by atoms with van der Waals surface area (Å²) < 4.78 is 10.7. The summed E-state index contributed by atoms with van der Waals surface area (Å²) in [7, 11) is 0. The number of carbonyl (C=O) groups excluding carboxylic acids is 1. The minimum Gasteiger partial charge on any atom is -0.454 e. The molecule has 0 atom stereocenters. The van der Waals surface area contributed by atoms with Crippen LogP contribution in [0.1, 0.15) is 21.5 Å². The number of pyridine rings is 1. The van der Waals surface area contributed by atoms with Gasteiger partial charge in [-0.1, -0.05) is 29.8 Å². The third kappa shape index (κ3) is 4.00. The molecule has 1 amide bonds. The Labute approximate surface area is 157 Å². The molecule has 1 aliphatic heterocycles. The van der Waals surface area contributed by atoms with Gasteiger partial charge in [0, 0.05) is 24.5 Å². The predicted molar refractivity (Wildman–Crippen MR) is 102 cm³/mol. The zero-order valence-electron chi connectivity index (χ0n) is 14.9. The Morgan fingerprint density at radius 3 is 2.67 bits per heavy atom. The molecule has 2 heterocycles. The maximum atomic E-state index is 12.4. The number of carbonyl (C=O) groups is 1. The number of benzene rings is 2. The molecule has 0 radical (unpaired) electrons. The number of aromatic nitrogens is 1. The van der Waals surface area contributed by atoms with E-state index in [4.69, 9.17) is 9.47 Å². The van der Waals surface area contributed by atoms with E-state index in [9.17, 15) is 4.79 Å². The highest BCUT2D eigenvalue weighted by molar-refractivity contribution is 5.94. The van der Waals surface area contributed by atoms with E-state index < -0.39 is 0 Å². The third-order valence-corrected chi connectivity index (χ3v) is 4.24. The lowest BCUT2D eigenvalue weighted by Gasteiger charge is -2.09. The van der Waals surface area contributed by atoms with Crippen LogP contribution in [0.4, 0.5) is 11.4 Å². The molecule has 3 aromatic rings. The van der Waals surface area contributed by atoms with Crippen LogP contribution in [0.5, 0.6) is 11.5 Å². The standard InChI is InChI=1S/C21H19N3O3/c1-14-2-4-15(5-3-14)10-23-21(25)16-8-18(12-22-11-16)24-17-6-7-19-20(9-17)27-13-26-19/h2-9,11-12,24H,10,13H2,1H3,(H,23,25). The van der Waals surface area contributed by atoms with E-state index >= 15 is 0 Å². The summed E-state index contributed by atoms with van der Waals surface area (Å²) in [6, 6.07) is 15.4. The van der Waals surface area contributed by atoms with Crippen molar-refractivity contribution in [1.82, 2.24) is 10.3 Å². The van der Waals surface area contributed by atoms with Gasteiger partial charge in [-0.3, -0.25) is 9.78 Å². The Balaban J connectivity index is 1.42. The number of nitrogens with zero attached hydrogens (tertiary/aromatic N) is 1. The molecule has 1 aliphatic rings. The fourth-order valence-corrected chi connectivity index (χ4v) is 2.76. The number of anilines is 2. The molecule has 136 valence electrons. The van der Waals surface area contributed by atoms with Crippen LogP contribution in [-0.2, 0) is 6.54 Å². The fourth-order valence-electron chi connectivity index (χ4n) is 2.76. The van der Waals surface area contributed by atoms with E-state index in [1.165, 1.54) is 5.56 Å². The van der Waals surface area contributed by atoms with Gasteiger partial charge in [0.15, 0.2) is 11.5 Å². The van der Waals surface area contributed by atoms with Crippen molar-refractivity contribution in [2.45, 2.75) is 13.5 Å². The zero-order chi connectivity index (χ0) is 18.6. The van der Waals surface area contributed by atoms with Crippen LogP contribution < -0.4 is 20.1 Å². The average molecular weight is 361 g/mol. The van der Waals surface area contributed by atoms with Crippen LogP contribution in [0.25, 0.3) is 0 Å². The molecular formula is C21H19N3O3. The molecule has 1 aromatic heterocycles. The Bertz CT molecular complexity index is 971. The van der Waals surface area contributed by atoms with Gasteiger partial charge in [-0.15, -0.1) is 0 Å². The van der Waals surface area contributed by atoms with Crippen molar-refractivity contribution in [1.29, 1.82) is 0 Å². The fraction of sp³-hybridized carbons (Fsp3) is 0.143. The van der Waals surface area contributed by atoms with Gasteiger partial charge in [0.25, 0.3) is 5.91 Å². The van der Waals surface area contributed by atoms with Gasteiger partial charge in [0.05, 0.1) is 17.4 Å². The summed E-state index contributed by atoms with van der Waals surface area (Å²) in [4.78, 5) is 16.6. The monoisotopic (exact) mass is 361 g/mol. The van der Waals surface area contributed by atoms with Crippen LogP contribution in [-0.4, -0.2) is 17.7 Å². The Hall–Kier alpha value is -3.54. The van der Waals surface area contributed by atoms with E-state index in [1.807, 2.05) is 49.4 Å². The van der Waals surface area contributed by atoms with Gasteiger partial charge in [-0.25, -0.2) is 0 Å². The molecule has 0 fully saturated rings. The molecule has 0 saturated heterocycles. The van der Waals surface area contributed by atoms with E-state index in [-0.39, 0.29) is 12.7 Å². The normalized spacial score (nSPS) is 11.9. The Kier molecular flexibility index (Phi) is 4.61. The lowest BCUT2D eigenvalue weighted by Crippen LogP contribution is -2.23. The smallest absolute Gasteiger partial charge is 0.253 e. The van der Waals surface area contributed by atoms with Crippen LogP contribution in [0.3, 0.4) is 0 Å².